The summed E-state index contributed by atoms with van der Waals surface area (Å²) in [5.41, 5.74) is 2.10. The van der Waals surface area contributed by atoms with Crippen LogP contribution in [0.3, 0.4) is 0 Å². The Kier molecular flexibility index (Phi) is 2.81. The van der Waals surface area contributed by atoms with Crippen LogP contribution in [-0.4, -0.2) is 33.6 Å². The molecule has 1 fully saturated rings. The fraction of sp³-hybridized carbons (Fsp3) is 0.429. The van der Waals surface area contributed by atoms with Crippen LogP contribution in [0.2, 0.25) is 0 Å². The Morgan fingerprint density at radius 3 is 2.75 bits per heavy atom. The van der Waals surface area contributed by atoms with Crippen molar-refractivity contribution in [2.75, 3.05) is 0 Å². The smallest absolute Gasteiger partial charge is 0.257 e. The zero-order valence-electron chi connectivity index (χ0n) is 11.3. The lowest BCUT2D eigenvalue weighted by molar-refractivity contribution is -0.137. The molecule has 0 spiro atoms. The Balaban J connectivity index is 1.95. The van der Waals surface area contributed by atoms with Crippen LogP contribution in [0.25, 0.3) is 0 Å². The zero-order valence-corrected chi connectivity index (χ0v) is 11.3. The molecule has 20 heavy (non-hydrogen) atoms. The van der Waals surface area contributed by atoms with Crippen LogP contribution < -0.4 is 5.32 Å². The average molecular weight is 273 g/mol. The summed E-state index contributed by atoms with van der Waals surface area (Å²) in [6, 6.07) is 2.70. The van der Waals surface area contributed by atoms with Crippen molar-refractivity contribution < 1.29 is 14.4 Å². The number of carbonyl (C=O) groups excluding carboxylic acids is 3. The first kappa shape index (κ1) is 12.8. The van der Waals surface area contributed by atoms with E-state index < -0.39 is 11.9 Å². The van der Waals surface area contributed by atoms with E-state index in [2.05, 4.69) is 10.3 Å². The third-order valence-corrected chi connectivity index (χ3v) is 3.89. The Bertz CT molecular complexity index is 626. The molecule has 2 atom stereocenters. The van der Waals surface area contributed by atoms with E-state index in [-0.39, 0.29) is 24.3 Å². The molecule has 2 aliphatic rings. The standard InChI is InChI=1S/C14H15N3O3/c1-7-3-4-9-12(15-7)8(2)17(14(9)20)10-5-6-11(18)16-13(10)19/h3-4,8,10H,5-6H2,1-2H3,(H,16,18,19). The number of pyridine rings is 1. The summed E-state index contributed by atoms with van der Waals surface area (Å²) < 4.78 is 0. The van der Waals surface area contributed by atoms with Crippen LogP contribution in [0.5, 0.6) is 0 Å². The SMILES string of the molecule is Cc1ccc2c(n1)C(C)N(C1CCC(=O)NC1=O)C2=O. The topological polar surface area (TPSA) is 79.4 Å². The van der Waals surface area contributed by atoms with E-state index >= 15 is 0 Å². The molecule has 2 unspecified atom stereocenters. The number of aromatic nitrogens is 1. The van der Waals surface area contributed by atoms with Gasteiger partial charge in [0.2, 0.25) is 11.8 Å². The number of hydrogen-bond donors (Lipinski definition) is 1. The molecule has 6 heteroatoms. The van der Waals surface area contributed by atoms with Gasteiger partial charge in [-0.1, -0.05) is 0 Å². The first-order valence-corrected chi connectivity index (χ1v) is 6.63. The Morgan fingerprint density at radius 1 is 1.30 bits per heavy atom. The van der Waals surface area contributed by atoms with Crippen LogP contribution in [0.15, 0.2) is 12.1 Å². The van der Waals surface area contributed by atoms with Gasteiger partial charge >= 0.3 is 0 Å². The number of nitrogens with one attached hydrogen (secondary N) is 1. The zero-order chi connectivity index (χ0) is 14.4. The highest BCUT2D eigenvalue weighted by Gasteiger charge is 2.43. The minimum Gasteiger partial charge on any atom is -0.318 e. The molecule has 3 amide bonds. The summed E-state index contributed by atoms with van der Waals surface area (Å²) in [6.07, 6.45) is 0.628. The largest absolute Gasteiger partial charge is 0.318 e. The molecule has 2 aliphatic heterocycles. The number of amides is 3. The van der Waals surface area contributed by atoms with Gasteiger partial charge in [-0.2, -0.15) is 0 Å². The van der Waals surface area contributed by atoms with Crippen molar-refractivity contribution in [1.29, 1.82) is 0 Å². The number of fused-ring (bicyclic) bond motifs is 1. The highest BCUT2D eigenvalue weighted by Crippen LogP contribution is 2.35. The molecule has 6 nitrogen and oxygen atoms in total. The number of carbonyl (C=O) groups is 3. The van der Waals surface area contributed by atoms with Gasteiger partial charge in [0.05, 0.1) is 17.3 Å². The van der Waals surface area contributed by atoms with E-state index in [4.69, 9.17) is 0 Å². The number of piperidine rings is 1. The molecule has 0 aromatic carbocycles. The summed E-state index contributed by atoms with van der Waals surface area (Å²) in [4.78, 5) is 41.6. The first-order valence-electron chi connectivity index (χ1n) is 6.63. The monoisotopic (exact) mass is 273 g/mol. The first-order chi connectivity index (χ1) is 9.49. The number of rotatable bonds is 1. The molecule has 3 rings (SSSR count). The van der Waals surface area contributed by atoms with E-state index in [1.165, 1.54) is 0 Å². The Morgan fingerprint density at radius 2 is 2.05 bits per heavy atom. The maximum absolute atomic E-state index is 12.5. The maximum atomic E-state index is 12.5. The normalized spacial score (nSPS) is 25.7. The van der Waals surface area contributed by atoms with Crippen LogP contribution in [0.4, 0.5) is 0 Å². The maximum Gasteiger partial charge on any atom is 0.257 e. The predicted octanol–water partition coefficient (Wildman–Crippen LogP) is 0.712. The molecule has 1 aromatic rings. The lowest BCUT2D eigenvalue weighted by Gasteiger charge is -2.32. The summed E-state index contributed by atoms with van der Waals surface area (Å²) in [5, 5.41) is 2.29. The lowest BCUT2D eigenvalue weighted by Crippen LogP contribution is -2.53. The second-order valence-corrected chi connectivity index (χ2v) is 5.24. The number of hydrogen-bond acceptors (Lipinski definition) is 4. The molecule has 1 aromatic heterocycles. The fourth-order valence-corrected chi connectivity index (χ4v) is 2.88. The van der Waals surface area contributed by atoms with Gasteiger partial charge in [0.1, 0.15) is 6.04 Å². The van der Waals surface area contributed by atoms with E-state index in [1.54, 1.807) is 17.0 Å². The van der Waals surface area contributed by atoms with E-state index in [0.29, 0.717) is 17.7 Å². The summed E-state index contributed by atoms with van der Waals surface area (Å²) in [6.45, 7) is 3.73. The predicted molar refractivity (Wildman–Crippen MR) is 69.7 cm³/mol. The van der Waals surface area contributed by atoms with Gasteiger partial charge in [-0.05, 0) is 32.4 Å². The van der Waals surface area contributed by atoms with Crippen molar-refractivity contribution in [3.05, 3.63) is 29.1 Å². The quantitative estimate of drug-likeness (QED) is 0.764. The van der Waals surface area contributed by atoms with Gasteiger partial charge < -0.3 is 4.90 Å². The molecule has 1 saturated heterocycles. The van der Waals surface area contributed by atoms with Gasteiger partial charge in [0.15, 0.2) is 0 Å². The van der Waals surface area contributed by atoms with Crippen molar-refractivity contribution in [2.24, 2.45) is 0 Å². The lowest BCUT2D eigenvalue weighted by atomic mass is 10.0. The van der Waals surface area contributed by atoms with Gasteiger partial charge in [-0.25, -0.2) is 0 Å². The molecule has 0 saturated carbocycles. The van der Waals surface area contributed by atoms with Crippen molar-refractivity contribution in [1.82, 2.24) is 15.2 Å². The highest BCUT2D eigenvalue weighted by atomic mass is 16.2. The van der Waals surface area contributed by atoms with Crippen LogP contribution in [0, 0.1) is 6.92 Å². The summed E-state index contributed by atoms with van der Waals surface area (Å²) >= 11 is 0. The molecular weight excluding hydrogens is 258 g/mol. The van der Waals surface area contributed by atoms with E-state index in [9.17, 15) is 14.4 Å². The van der Waals surface area contributed by atoms with Gasteiger partial charge in [-0.15, -0.1) is 0 Å². The molecule has 1 N–H and O–H groups in total. The third kappa shape index (κ3) is 1.79. The van der Waals surface area contributed by atoms with E-state index in [0.717, 1.165) is 5.69 Å². The molecule has 0 aliphatic carbocycles. The van der Waals surface area contributed by atoms with Gasteiger partial charge in [0, 0.05) is 12.1 Å². The second-order valence-electron chi connectivity index (χ2n) is 5.24. The summed E-state index contributed by atoms with van der Waals surface area (Å²) in [5.74, 6) is -0.863. The van der Waals surface area contributed by atoms with Gasteiger partial charge in [0.25, 0.3) is 5.91 Å². The molecule has 3 heterocycles. The number of aryl methyl sites for hydroxylation is 1. The van der Waals surface area contributed by atoms with E-state index in [1.807, 2.05) is 13.8 Å². The third-order valence-electron chi connectivity index (χ3n) is 3.89. The van der Waals surface area contributed by atoms with Crippen LogP contribution in [-0.2, 0) is 9.59 Å². The van der Waals surface area contributed by atoms with Crippen molar-refractivity contribution >= 4 is 17.7 Å². The highest BCUT2D eigenvalue weighted by molar-refractivity contribution is 6.05. The number of nitrogens with zero attached hydrogens (tertiary/aromatic N) is 2. The average Bonchev–Trinajstić information content (AvgIpc) is 2.63. The Labute approximate surface area is 116 Å². The van der Waals surface area contributed by atoms with Gasteiger partial charge in [-0.3, -0.25) is 24.7 Å². The summed E-state index contributed by atoms with van der Waals surface area (Å²) in [7, 11) is 0. The van der Waals surface area contributed by atoms with Crippen molar-refractivity contribution in [3.8, 4) is 0 Å². The molecule has 0 bridgehead atoms. The fourth-order valence-electron chi connectivity index (χ4n) is 2.88. The van der Waals surface area contributed by atoms with Crippen molar-refractivity contribution in [2.45, 2.75) is 38.8 Å². The minimum absolute atomic E-state index is 0.186. The molecule has 104 valence electrons. The van der Waals surface area contributed by atoms with Crippen LogP contribution >= 0.6 is 0 Å². The van der Waals surface area contributed by atoms with Crippen molar-refractivity contribution in [3.63, 3.8) is 0 Å². The molecular formula is C14H15N3O3. The number of imide groups is 1. The van der Waals surface area contributed by atoms with Crippen LogP contribution in [0.1, 0.15) is 47.6 Å². The Hall–Kier alpha value is -2.24. The molecule has 0 radical (unpaired) electrons. The second kappa shape index (κ2) is 4.40. The minimum atomic E-state index is -0.593.